The Morgan fingerprint density at radius 3 is 2.42 bits per heavy atom. The number of benzene rings is 2. The minimum Gasteiger partial charge on any atom is -0.295 e. The Balaban J connectivity index is 1.22. The fourth-order valence-electron chi connectivity index (χ4n) is 3.55. The Hall–Kier alpha value is -3.17. The van der Waals surface area contributed by atoms with Crippen molar-refractivity contribution in [2.75, 3.05) is 42.3 Å². The van der Waals surface area contributed by atoms with E-state index in [4.69, 9.17) is 4.52 Å². The van der Waals surface area contributed by atoms with Crippen molar-refractivity contribution >= 4 is 28.7 Å². The third-order valence-corrected chi connectivity index (χ3v) is 6.68. The summed E-state index contributed by atoms with van der Waals surface area (Å²) in [6.07, 6.45) is 1.68. The predicted molar refractivity (Wildman–Crippen MR) is 127 cm³/mol. The molecule has 8 nitrogen and oxygen atoms in total. The summed E-state index contributed by atoms with van der Waals surface area (Å²) >= 11 is 1.14. The number of thioether (sulfide) groups is 1. The maximum absolute atomic E-state index is 12.5. The number of carbonyl (C=O) groups is 2. The van der Waals surface area contributed by atoms with Gasteiger partial charge in [0.1, 0.15) is 0 Å². The molecular formula is C24H28N5O3S+. The molecule has 0 spiro atoms. The Bertz CT molecular complexity index is 1050. The Morgan fingerprint density at radius 1 is 1.06 bits per heavy atom. The number of aromatic nitrogens is 2. The largest absolute Gasteiger partial charge is 0.305 e. The van der Waals surface area contributed by atoms with Gasteiger partial charge in [0.05, 0.1) is 17.9 Å². The first-order chi connectivity index (χ1) is 16.1. The van der Waals surface area contributed by atoms with Gasteiger partial charge in [0.25, 0.3) is 6.20 Å². The minimum absolute atomic E-state index is 0.0424. The minimum atomic E-state index is -0.359. The monoisotopic (exact) mass is 466 g/mol. The molecule has 3 aromatic rings. The molecule has 1 aromatic heterocycles. The molecule has 0 unspecified atom stereocenters. The van der Waals surface area contributed by atoms with Gasteiger partial charge in [-0.1, -0.05) is 79.3 Å². The Labute approximate surface area is 197 Å². The first kappa shape index (κ1) is 23.0. The second-order valence-electron chi connectivity index (χ2n) is 8.06. The summed E-state index contributed by atoms with van der Waals surface area (Å²) in [5, 5.41) is 8.85. The average Bonchev–Trinajstić information content (AvgIpc) is 3.32. The number of hydrogen-bond acceptors (Lipinski definition) is 7. The first-order valence-electron chi connectivity index (χ1n) is 11.0. The summed E-state index contributed by atoms with van der Waals surface area (Å²) in [4.78, 5) is 28.8. The molecular weight excluding hydrogens is 438 g/mol. The van der Waals surface area contributed by atoms with Crippen LogP contribution in [-0.2, 0) is 11.3 Å². The van der Waals surface area contributed by atoms with Crippen molar-refractivity contribution in [3.05, 3.63) is 78.0 Å². The SMILES string of the molecule is C[C@H](CSC(=O)c1ccccc1)C(=O)Nc1c[n+](N2CCN(Cc3ccccc3)CC2)no1. The number of rotatable bonds is 8. The van der Waals surface area contributed by atoms with E-state index in [0.717, 1.165) is 44.5 Å². The molecule has 1 N–H and O–H groups in total. The summed E-state index contributed by atoms with van der Waals surface area (Å²) in [6.45, 7) is 6.18. The summed E-state index contributed by atoms with van der Waals surface area (Å²) in [5.74, 6) is 0.108. The molecule has 172 valence electrons. The number of piperazine rings is 1. The van der Waals surface area contributed by atoms with Crippen LogP contribution in [0.3, 0.4) is 0 Å². The highest BCUT2D eigenvalue weighted by atomic mass is 32.2. The van der Waals surface area contributed by atoms with Crippen LogP contribution in [0.5, 0.6) is 0 Å². The molecule has 1 aliphatic heterocycles. The van der Waals surface area contributed by atoms with Crippen LogP contribution in [0.4, 0.5) is 5.88 Å². The van der Waals surface area contributed by atoms with Crippen molar-refractivity contribution in [1.29, 1.82) is 0 Å². The summed E-state index contributed by atoms with van der Waals surface area (Å²) < 4.78 is 5.31. The maximum atomic E-state index is 12.5. The van der Waals surface area contributed by atoms with Gasteiger partial charge >= 0.3 is 5.88 Å². The van der Waals surface area contributed by atoms with Crippen molar-refractivity contribution in [3.8, 4) is 0 Å². The summed E-state index contributed by atoms with van der Waals surface area (Å²) in [7, 11) is 0. The van der Waals surface area contributed by atoms with Crippen molar-refractivity contribution in [2.45, 2.75) is 13.5 Å². The lowest BCUT2D eigenvalue weighted by atomic mass is 10.2. The molecule has 33 heavy (non-hydrogen) atoms. The third-order valence-electron chi connectivity index (χ3n) is 5.51. The van der Waals surface area contributed by atoms with Crippen molar-refractivity contribution in [2.24, 2.45) is 5.92 Å². The Morgan fingerprint density at radius 2 is 1.73 bits per heavy atom. The predicted octanol–water partition coefficient (Wildman–Crippen LogP) is 2.56. The molecule has 0 radical (unpaired) electrons. The Kier molecular flexibility index (Phi) is 7.74. The van der Waals surface area contributed by atoms with Gasteiger partial charge in [-0.3, -0.25) is 24.3 Å². The lowest BCUT2D eigenvalue weighted by molar-refractivity contribution is -0.759. The number of carbonyl (C=O) groups excluding carboxylic acids is 2. The molecule has 1 saturated heterocycles. The highest BCUT2D eigenvalue weighted by Crippen LogP contribution is 2.17. The molecule has 9 heteroatoms. The topological polar surface area (TPSA) is 82.6 Å². The molecule has 0 saturated carbocycles. The van der Waals surface area contributed by atoms with Crippen LogP contribution in [0.25, 0.3) is 0 Å². The standard InChI is InChI=1S/C24H27N5O3S/c1-19(18-33-24(31)21-10-6-3-7-11-21)23(30)25-22-17-29(26-32-22)28-14-12-27(13-15-28)16-20-8-4-2-5-9-20/h2-11,17,19H,12-16,18H2,1H3/p+1/t19-/m1/s1. The van der Waals surface area contributed by atoms with Gasteiger partial charge in [-0.15, -0.1) is 0 Å². The van der Waals surface area contributed by atoms with E-state index in [-0.39, 0.29) is 22.8 Å². The number of anilines is 1. The molecule has 0 bridgehead atoms. The zero-order valence-corrected chi connectivity index (χ0v) is 19.4. The van der Waals surface area contributed by atoms with Gasteiger partial charge in [0.2, 0.25) is 16.3 Å². The van der Waals surface area contributed by atoms with Gasteiger partial charge in [-0.25, -0.2) is 0 Å². The van der Waals surface area contributed by atoms with Crippen LogP contribution in [0.15, 0.2) is 71.4 Å². The number of hydrogen-bond donors (Lipinski definition) is 1. The quantitative estimate of drug-likeness (QED) is 0.511. The lowest BCUT2D eigenvalue weighted by Gasteiger charge is -2.29. The highest BCUT2D eigenvalue weighted by Gasteiger charge is 2.27. The molecule has 2 heterocycles. The number of nitrogens with zero attached hydrogens (tertiary/aromatic N) is 4. The van der Waals surface area contributed by atoms with Crippen molar-refractivity contribution in [3.63, 3.8) is 0 Å². The molecule has 1 amide bonds. The van der Waals surface area contributed by atoms with Crippen LogP contribution >= 0.6 is 11.8 Å². The molecule has 4 rings (SSSR count). The average molecular weight is 467 g/mol. The van der Waals surface area contributed by atoms with Gasteiger partial charge in [-0.2, -0.15) is 5.01 Å². The van der Waals surface area contributed by atoms with Crippen LogP contribution in [0.1, 0.15) is 22.8 Å². The van der Waals surface area contributed by atoms with Gasteiger partial charge in [0.15, 0.2) is 0 Å². The first-order valence-corrected chi connectivity index (χ1v) is 12.0. The van der Waals surface area contributed by atoms with Gasteiger partial charge < -0.3 is 0 Å². The second-order valence-corrected chi connectivity index (χ2v) is 9.05. The van der Waals surface area contributed by atoms with E-state index in [1.807, 2.05) is 24.3 Å². The van der Waals surface area contributed by atoms with Gasteiger partial charge in [0, 0.05) is 36.9 Å². The van der Waals surface area contributed by atoms with Crippen LogP contribution in [-0.4, -0.2) is 53.1 Å². The summed E-state index contributed by atoms with van der Waals surface area (Å²) in [5.41, 5.74) is 1.94. The molecule has 1 aliphatic rings. The van der Waals surface area contributed by atoms with E-state index < -0.39 is 0 Å². The third kappa shape index (κ3) is 6.43. The number of nitrogens with one attached hydrogen (secondary N) is 1. The molecule has 0 aliphatic carbocycles. The maximum Gasteiger partial charge on any atom is 0.305 e. The fourth-order valence-corrected chi connectivity index (χ4v) is 4.40. The van der Waals surface area contributed by atoms with E-state index >= 15 is 0 Å². The normalized spacial score (nSPS) is 15.2. The van der Waals surface area contributed by atoms with Crippen molar-refractivity contribution in [1.82, 2.24) is 10.2 Å². The lowest BCUT2D eigenvalue weighted by Crippen LogP contribution is -2.65. The zero-order valence-electron chi connectivity index (χ0n) is 18.6. The van der Waals surface area contributed by atoms with Crippen LogP contribution in [0, 0.1) is 5.92 Å². The van der Waals surface area contributed by atoms with E-state index in [9.17, 15) is 9.59 Å². The van der Waals surface area contributed by atoms with Crippen LogP contribution < -0.4 is 15.1 Å². The second kappa shape index (κ2) is 11.1. The molecule has 1 atom stereocenters. The van der Waals surface area contributed by atoms with E-state index in [1.165, 1.54) is 5.56 Å². The zero-order chi connectivity index (χ0) is 23.0. The van der Waals surface area contributed by atoms with Crippen molar-refractivity contribution < 1.29 is 18.9 Å². The fraction of sp³-hybridized carbons (Fsp3) is 0.333. The van der Waals surface area contributed by atoms with E-state index in [1.54, 1.807) is 30.0 Å². The van der Waals surface area contributed by atoms with E-state index in [2.05, 4.69) is 44.8 Å². The van der Waals surface area contributed by atoms with E-state index in [0.29, 0.717) is 11.3 Å². The molecule has 1 fully saturated rings. The molecule has 2 aromatic carbocycles. The summed E-state index contributed by atoms with van der Waals surface area (Å²) in [6, 6.07) is 19.5. The van der Waals surface area contributed by atoms with Crippen LogP contribution in [0.2, 0.25) is 0 Å². The highest BCUT2D eigenvalue weighted by molar-refractivity contribution is 8.14. The number of amides is 1. The van der Waals surface area contributed by atoms with Gasteiger partial charge in [-0.05, 0) is 5.56 Å². The smallest absolute Gasteiger partial charge is 0.295 e.